The molecule has 0 radical (unpaired) electrons. The van der Waals surface area contributed by atoms with E-state index in [1.165, 1.54) is 10.8 Å². The van der Waals surface area contributed by atoms with Crippen LogP contribution in [0.2, 0.25) is 0 Å². The average Bonchev–Trinajstić information content (AvgIpc) is 2.41. The van der Waals surface area contributed by atoms with Gasteiger partial charge in [0.15, 0.2) is 0 Å². The first-order valence-corrected chi connectivity index (χ1v) is 5.32. The van der Waals surface area contributed by atoms with Crippen LogP contribution in [-0.4, -0.2) is 15.5 Å². The van der Waals surface area contributed by atoms with E-state index < -0.39 is 0 Å². The molecule has 1 aromatic carbocycles. The van der Waals surface area contributed by atoms with Crippen molar-refractivity contribution >= 4 is 5.91 Å². The predicted molar refractivity (Wildman–Crippen MR) is 65.7 cm³/mol. The van der Waals surface area contributed by atoms with Crippen molar-refractivity contribution in [1.82, 2.24) is 15.0 Å². The van der Waals surface area contributed by atoms with Crippen molar-refractivity contribution in [2.45, 2.75) is 6.54 Å². The zero-order valence-corrected chi connectivity index (χ0v) is 9.54. The van der Waals surface area contributed by atoms with Gasteiger partial charge in [0.05, 0.1) is 6.54 Å². The molecule has 1 amide bonds. The molecule has 0 bridgehead atoms. The number of nitrogen functional groups attached to an aromatic ring is 1. The van der Waals surface area contributed by atoms with Crippen LogP contribution < -0.4 is 17.0 Å². The fraction of sp³-hybridized carbons (Fsp3) is 0.0833. The maximum absolute atomic E-state index is 11.6. The first-order valence-electron chi connectivity index (χ1n) is 5.32. The molecule has 0 aliphatic carbocycles. The number of nitrogens with one attached hydrogen (secondary N) is 1. The lowest BCUT2D eigenvalue weighted by Gasteiger charge is -2.09. The van der Waals surface area contributed by atoms with E-state index in [1.54, 1.807) is 36.5 Å². The summed E-state index contributed by atoms with van der Waals surface area (Å²) in [5.74, 6) is 4.73. The van der Waals surface area contributed by atoms with Crippen LogP contribution in [0.3, 0.4) is 0 Å². The number of hydrazine groups is 1. The average molecular weight is 244 g/mol. The standard InChI is InChI=1S/C12H12N4O2/c13-15-11(17)10-5-2-1-4-9(10)8-16-7-3-6-14-12(16)18/h1-7H,8,13H2,(H,15,17). The van der Waals surface area contributed by atoms with Gasteiger partial charge in [-0.3, -0.25) is 14.8 Å². The van der Waals surface area contributed by atoms with E-state index in [-0.39, 0.29) is 18.1 Å². The van der Waals surface area contributed by atoms with Crippen LogP contribution in [0.15, 0.2) is 47.5 Å². The van der Waals surface area contributed by atoms with Crippen LogP contribution in [-0.2, 0) is 6.54 Å². The summed E-state index contributed by atoms with van der Waals surface area (Å²) in [7, 11) is 0. The summed E-state index contributed by atoms with van der Waals surface area (Å²) < 4.78 is 1.42. The predicted octanol–water partition coefficient (Wildman–Crippen LogP) is -0.105. The summed E-state index contributed by atoms with van der Waals surface area (Å²) in [6.45, 7) is 0.274. The first kappa shape index (κ1) is 12.0. The normalized spacial score (nSPS) is 10.1. The maximum atomic E-state index is 11.6. The lowest BCUT2D eigenvalue weighted by Crippen LogP contribution is -2.31. The summed E-state index contributed by atoms with van der Waals surface area (Å²) in [5.41, 5.74) is 2.86. The highest BCUT2D eigenvalue weighted by Gasteiger charge is 2.10. The lowest BCUT2D eigenvalue weighted by atomic mass is 10.1. The van der Waals surface area contributed by atoms with Gasteiger partial charge in [0.25, 0.3) is 5.91 Å². The highest BCUT2D eigenvalue weighted by molar-refractivity contribution is 5.95. The van der Waals surface area contributed by atoms with Crippen molar-refractivity contribution in [3.8, 4) is 0 Å². The number of nitrogens with zero attached hydrogens (tertiary/aromatic N) is 2. The molecule has 0 atom stereocenters. The van der Waals surface area contributed by atoms with Crippen molar-refractivity contribution in [1.29, 1.82) is 0 Å². The number of benzene rings is 1. The number of carbonyl (C=O) groups is 1. The Bertz CT molecular complexity index is 621. The minimum atomic E-state index is -0.387. The molecule has 0 saturated heterocycles. The topological polar surface area (TPSA) is 90.0 Å². The highest BCUT2D eigenvalue weighted by Crippen LogP contribution is 2.09. The van der Waals surface area contributed by atoms with Gasteiger partial charge in [-0.2, -0.15) is 0 Å². The zero-order valence-electron chi connectivity index (χ0n) is 9.54. The molecule has 0 saturated carbocycles. The Morgan fingerprint density at radius 2 is 2.11 bits per heavy atom. The molecule has 0 unspecified atom stereocenters. The zero-order chi connectivity index (χ0) is 13.0. The quantitative estimate of drug-likeness (QED) is 0.448. The third kappa shape index (κ3) is 2.44. The summed E-state index contributed by atoms with van der Waals surface area (Å²) in [6, 6.07) is 8.61. The number of nitrogens with two attached hydrogens (primary N) is 1. The van der Waals surface area contributed by atoms with E-state index in [4.69, 9.17) is 5.84 Å². The third-order valence-corrected chi connectivity index (χ3v) is 2.52. The monoisotopic (exact) mass is 244 g/mol. The molecule has 1 heterocycles. The van der Waals surface area contributed by atoms with Crippen LogP contribution in [0.1, 0.15) is 15.9 Å². The summed E-state index contributed by atoms with van der Waals surface area (Å²) in [6.07, 6.45) is 3.05. The SMILES string of the molecule is NNC(=O)c1ccccc1Cn1cccnc1=O. The molecule has 0 fully saturated rings. The van der Waals surface area contributed by atoms with Gasteiger partial charge in [-0.1, -0.05) is 18.2 Å². The molecule has 2 aromatic rings. The van der Waals surface area contributed by atoms with Crippen LogP contribution in [0.25, 0.3) is 0 Å². The minimum Gasteiger partial charge on any atom is -0.295 e. The lowest BCUT2D eigenvalue weighted by molar-refractivity contribution is 0.0952. The van der Waals surface area contributed by atoms with Gasteiger partial charge in [-0.25, -0.2) is 15.6 Å². The van der Waals surface area contributed by atoms with Crippen molar-refractivity contribution < 1.29 is 4.79 Å². The smallest absolute Gasteiger partial charge is 0.295 e. The van der Waals surface area contributed by atoms with E-state index >= 15 is 0 Å². The molecule has 6 nitrogen and oxygen atoms in total. The Kier molecular flexibility index (Phi) is 3.49. The number of hydrogen-bond donors (Lipinski definition) is 2. The van der Waals surface area contributed by atoms with Crippen molar-refractivity contribution in [2.75, 3.05) is 0 Å². The molecule has 0 spiro atoms. The summed E-state index contributed by atoms with van der Waals surface area (Å²) in [5, 5.41) is 0. The fourth-order valence-electron chi connectivity index (χ4n) is 1.65. The molecule has 0 aliphatic rings. The summed E-state index contributed by atoms with van der Waals surface area (Å²) in [4.78, 5) is 26.7. The van der Waals surface area contributed by atoms with Crippen LogP contribution in [0.4, 0.5) is 0 Å². The molecular weight excluding hydrogens is 232 g/mol. The molecule has 92 valence electrons. The Balaban J connectivity index is 2.38. The second kappa shape index (κ2) is 5.24. The van der Waals surface area contributed by atoms with E-state index in [1.807, 2.05) is 0 Å². The molecular formula is C12H12N4O2. The third-order valence-electron chi connectivity index (χ3n) is 2.52. The van der Waals surface area contributed by atoms with Crippen molar-refractivity contribution in [3.63, 3.8) is 0 Å². The van der Waals surface area contributed by atoms with Gasteiger partial charge in [-0.05, 0) is 17.7 Å². The number of aromatic nitrogens is 2. The van der Waals surface area contributed by atoms with E-state index in [0.717, 1.165) is 0 Å². The Morgan fingerprint density at radius 3 is 2.83 bits per heavy atom. The molecule has 0 aliphatic heterocycles. The number of hydrogen-bond acceptors (Lipinski definition) is 4. The van der Waals surface area contributed by atoms with Crippen molar-refractivity contribution in [2.24, 2.45) is 5.84 Å². The largest absolute Gasteiger partial charge is 0.347 e. The Labute approximate surface area is 103 Å². The van der Waals surface area contributed by atoms with Crippen LogP contribution in [0.5, 0.6) is 0 Å². The molecule has 18 heavy (non-hydrogen) atoms. The van der Waals surface area contributed by atoms with Gasteiger partial charge in [0.1, 0.15) is 0 Å². The maximum Gasteiger partial charge on any atom is 0.347 e. The Morgan fingerprint density at radius 1 is 1.33 bits per heavy atom. The molecule has 1 aromatic heterocycles. The Hall–Kier alpha value is -2.47. The van der Waals surface area contributed by atoms with Gasteiger partial charge < -0.3 is 0 Å². The fourth-order valence-corrected chi connectivity index (χ4v) is 1.65. The molecule has 2 rings (SSSR count). The molecule has 3 N–H and O–H groups in total. The van der Waals surface area contributed by atoms with E-state index in [2.05, 4.69) is 10.4 Å². The van der Waals surface area contributed by atoms with Crippen LogP contribution in [0, 0.1) is 0 Å². The van der Waals surface area contributed by atoms with Gasteiger partial charge in [-0.15, -0.1) is 0 Å². The van der Waals surface area contributed by atoms with Gasteiger partial charge in [0, 0.05) is 18.0 Å². The second-order valence-corrected chi connectivity index (χ2v) is 3.66. The number of amides is 1. The van der Waals surface area contributed by atoms with E-state index in [0.29, 0.717) is 11.1 Å². The first-order chi connectivity index (χ1) is 8.72. The van der Waals surface area contributed by atoms with Crippen molar-refractivity contribution in [3.05, 3.63) is 64.3 Å². The minimum absolute atomic E-state index is 0.274. The van der Waals surface area contributed by atoms with E-state index in [9.17, 15) is 9.59 Å². The van der Waals surface area contributed by atoms with Gasteiger partial charge in [0.2, 0.25) is 0 Å². The number of rotatable bonds is 3. The molecule has 6 heteroatoms. The van der Waals surface area contributed by atoms with Gasteiger partial charge >= 0.3 is 5.69 Å². The van der Waals surface area contributed by atoms with Crippen LogP contribution >= 0.6 is 0 Å². The second-order valence-electron chi connectivity index (χ2n) is 3.66. The summed E-state index contributed by atoms with van der Waals surface area (Å²) >= 11 is 0. The number of carbonyl (C=O) groups excluding carboxylic acids is 1. The highest BCUT2D eigenvalue weighted by atomic mass is 16.2.